The first-order chi connectivity index (χ1) is 8.62. The number of carbonyl (C=O) groups excluding carboxylic acids is 2. The van der Waals surface area contributed by atoms with E-state index in [2.05, 4.69) is 0 Å². The lowest BCUT2D eigenvalue weighted by molar-refractivity contribution is -0.142. The summed E-state index contributed by atoms with van der Waals surface area (Å²) in [5.41, 5.74) is 1.44. The second-order valence-electron chi connectivity index (χ2n) is 3.74. The molecule has 0 aliphatic heterocycles. The molecule has 18 heavy (non-hydrogen) atoms. The lowest BCUT2D eigenvalue weighted by atomic mass is 9.99. The van der Waals surface area contributed by atoms with Gasteiger partial charge in [-0.05, 0) is 18.6 Å². The van der Waals surface area contributed by atoms with Gasteiger partial charge in [-0.25, -0.2) is 0 Å². The van der Waals surface area contributed by atoms with Crippen LogP contribution in [0.3, 0.4) is 0 Å². The zero-order chi connectivity index (χ0) is 13.5. The fourth-order valence-corrected chi connectivity index (χ4v) is 1.58. The summed E-state index contributed by atoms with van der Waals surface area (Å²) in [6, 6.07) is 6.81. The highest BCUT2D eigenvalue weighted by molar-refractivity contribution is 5.96. The van der Waals surface area contributed by atoms with Gasteiger partial charge < -0.3 is 4.74 Å². The van der Waals surface area contributed by atoms with Gasteiger partial charge in [0.1, 0.15) is 0 Å². The van der Waals surface area contributed by atoms with Crippen molar-refractivity contribution < 1.29 is 14.3 Å². The van der Waals surface area contributed by atoms with Gasteiger partial charge in [0.15, 0.2) is 5.78 Å². The summed E-state index contributed by atoms with van der Waals surface area (Å²) < 4.78 is 4.83. The van der Waals surface area contributed by atoms with Crippen LogP contribution < -0.4 is 0 Å². The second-order valence-corrected chi connectivity index (χ2v) is 3.74. The van der Waals surface area contributed by atoms with E-state index in [0.717, 1.165) is 0 Å². The number of benzene rings is 1. The normalized spacial score (nSPS) is 9.61. The van der Waals surface area contributed by atoms with Gasteiger partial charge in [-0.2, -0.15) is 5.26 Å². The Balaban J connectivity index is 2.98. The summed E-state index contributed by atoms with van der Waals surface area (Å²) in [4.78, 5) is 22.9. The Morgan fingerprint density at radius 1 is 1.33 bits per heavy atom. The van der Waals surface area contributed by atoms with Gasteiger partial charge >= 0.3 is 5.97 Å². The first kappa shape index (κ1) is 13.9. The number of rotatable bonds is 5. The fraction of sp³-hybridized carbons (Fsp3) is 0.357. The van der Waals surface area contributed by atoms with Crippen molar-refractivity contribution in [1.29, 1.82) is 5.26 Å². The highest BCUT2D eigenvalue weighted by atomic mass is 16.5. The smallest absolute Gasteiger partial charge is 0.310 e. The first-order valence-electron chi connectivity index (χ1n) is 5.84. The summed E-state index contributed by atoms with van der Waals surface area (Å²) in [5, 5.41) is 9.03. The molecule has 1 rings (SSSR count). The van der Waals surface area contributed by atoms with Crippen LogP contribution in [0.2, 0.25) is 0 Å². The van der Waals surface area contributed by atoms with Crippen molar-refractivity contribution in [2.75, 3.05) is 6.61 Å². The molecule has 0 bridgehead atoms. The van der Waals surface area contributed by atoms with E-state index in [1.807, 2.05) is 6.07 Å². The molecule has 94 valence electrons. The molecule has 0 saturated carbocycles. The third-order valence-corrected chi connectivity index (χ3v) is 2.51. The summed E-state index contributed by atoms with van der Waals surface area (Å²) in [7, 11) is 0. The summed E-state index contributed by atoms with van der Waals surface area (Å²) in [6.45, 7) is 3.81. The fourth-order valence-electron chi connectivity index (χ4n) is 1.58. The quantitative estimate of drug-likeness (QED) is 0.589. The summed E-state index contributed by atoms with van der Waals surface area (Å²) >= 11 is 0. The molecular formula is C14H15NO3. The SMILES string of the molecule is CCOC(=O)Cc1ccc(C(=O)CC)cc1C#N. The number of carbonyl (C=O) groups is 2. The number of ether oxygens (including phenoxy) is 1. The number of hydrogen-bond acceptors (Lipinski definition) is 4. The minimum atomic E-state index is -0.372. The molecule has 0 N–H and O–H groups in total. The Kier molecular flexibility index (Phi) is 5.06. The molecule has 0 aliphatic carbocycles. The largest absolute Gasteiger partial charge is 0.466 e. The topological polar surface area (TPSA) is 67.2 Å². The number of Topliss-reactive ketones (excluding diaryl/α,β-unsaturated/α-hetero) is 1. The molecule has 1 aromatic carbocycles. The van der Waals surface area contributed by atoms with Gasteiger partial charge in [-0.15, -0.1) is 0 Å². The van der Waals surface area contributed by atoms with Crippen molar-refractivity contribution in [3.63, 3.8) is 0 Å². The van der Waals surface area contributed by atoms with Gasteiger partial charge in [-0.1, -0.05) is 19.1 Å². The van der Waals surface area contributed by atoms with Crippen molar-refractivity contribution >= 4 is 11.8 Å². The maximum atomic E-state index is 11.5. The molecule has 0 amide bonds. The van der Waals surface area contributed by atoms with Crippen molar-refractivity contribution in [3.05, 3.63) is 34.9 Å². The van der Waals surface area contributed by atoms with Crippen LogP contribution in [0.25, 0.3) is 0 Å². The molecule has 0 spiro atoms. The van der Waals surface area contributed by atoms with Gasteiger partial charge in [-0.3, -0.25) is 9.59 Å². The van der Waals surface area contributed by atoms with E-state index in [1.54, 1.807) is 26.0 Å². The van der Waals surface area contributed by atoms with Crippen LogP contribution in [0.15, 0.2) is 18.2 Å². The number of esters is 1. The lowest BCUT2D eigenvalue weighted by Gasteiger charge is -2.06. The monoisotopic (exact) mass is 245 g/mol. The van der Waals surface area contributed by atoms with Crippen molar-refractivity contribution in [2.24, 2.45) is 0 Å². The van der Waals surface area contributed by atoms with Crippen LogP contribution in [-0.4, -0.2) is 18.4 Å². The minimum absolute atomic E-state index is 0.0193. The Morgan fingerprint density at radius 2 is 2.06 bits per heavy atom. The van der Waals surface area contributed by atoms with Crippen LogP contribution in [0, 0.1) is 11.3 Å². The zero-order valence-corrected chi connectivity index (χ0v) is 10.5. The molecule has 0 atom stereocenters. The predicted molar refractivity (Wildman–Crippen MR) is 66.1 cm³/mol. The second kappa shape index (κ2) is 6.55. The Hall–Kier alpha value is -2.15. The summed E-state index contributed by atoms with van der Waals surface area (Å²) in [5.74, 6) is -0.391. The number of hydrogen-bond donors (Lipinski definition) is 0. The van der Waals surface area contributed by atoms with E-state index in [-0.39, 0.29) is 18.2 Å². The first-order valence-corrected chi connectivity index (χ1v) is 5.84. The highest BCUT2D eigenvalue weighted by Gasteiger charge is 2.11. The van der Waals surface area contributed by atoms with E-state index >= 15 is 0 Å². The minimum Gasteiger partial charge on any atom is -0.466 e. The third-order valence-electron chi connectivity index (χ3n) is 2.51. The predicted octanol–water partition coefficient (Wildman–Crippen LogP) is 2.26. The van der Waals surface area contributed by atoms with Gasteiger partial charge in [0.05, 0.1) is 24.7 Å². The van der Waals surface area contributed by atoms with E-state index < -0.39 is 0 Å². The molecule has 0 unspecified atom stereocenters. The molecule has 0 radical (unpaired) electrons. The van der Waals surface area contributed by atoms with E-state index in [0.29, 0.717) is 29.7 Å². The highest BCUT2D eigenvalue weighted by Crippen LogP contribution is 2.14. The van der Waals surface area contributed by atoms with Crippen LogP contribution >= 0.6 is 0 Å². The van der Waals surface area contributed by atoms with E-state index in [1.165, 1.54) is 6.07 Å². The molecule has 0 heterocycles. The maximum Gasteiger partial charge on any atom is 0.310 e. The zero-order valence-electron chi connectivity index (χ0n) is 10.5. The number of nitrogens with zero attached hydrogens (tertiary/aromatic N) is 1. The van der Waals surface area contributed by atoms with E-state index in [9.17, 15) is 9.59 Å². The van der Waals surface area contributed by atoms with Gasteiger partial charge in [0.25, 0.3) is 0 Å². The average Bonchev–Trinajstić information content (AvgIpc) is 2.38. The molecule has 4 heteroatoms. The molecule has 0 fully saturated rings. The summed E-state index contributed by atoms with van der Waals surface area (Å²) in [6.07, 6.45) is 0.444. The molecule has 0 aromatic heterocycles. The lowest BCUT2D eigenvalue weighted by Crippen LogP contribution is -2.09. The molecule has 1 aromatic rings. The number of nitriles is 1. The molecule has 4 nitrogen and oxygen atoms in total. The van der Waals surface area contributed by atoms with Gasteiger partial charge in [0, 0.05) is 12.0 Å². The molecule has 0 saturated heterocycles. The van der Waals surface area contributed by atoms with E-state index in [4.69, 9.17) is 10.00 Å². The maximum absolute atomic E-state index is 11.5. The molecular weight excluding hydrogens is 230 g/mol. The Morgan fingerprint density at radius 3 is 2.61 bits per heavy atom. The van der Waals surface area contributed by atoms with Gasteiger partial charge in [0.2, 0.25) is 0 Å². The van der Waals surface area contributed by atoms with Crippen molar-refractivity contribution in [1.82, 2.24) is 0 Å². The van der Waals surface area contributed by atoms with Crippen LogP contribution in [0.1, 0.15) is 41.8 Å². The van der Waals surface area contributed by atoms with Crippen LogP contribution in [-0.2, 0) is 16.0 Å². The Bertz CT molecular complexity index is 500. The number of ketones is 1. The Labute approximate surface area is 106 Å². The third kappa shape index (κ3) is 3.42. The van der Waals surface area contributed by atoms with Crippen LogP contribution in [0.4, 0.5) is 0 Å². The standard InChI is InChI=1S/C14H15NO3/c1-3-13(16)11-6-5-10(12(7-11)9-15)8-14(17)18-4-2/h5-7H,3-4,8H2,1-2H3. The average molecular weight is 245 g/mol. The van der Waals surface area contributed by atoms with Crippen molar-refractivity contribution in [2.45, 2.75) is 26.7 Å². The van der Waals surface area contributed by atoms with Crippen LogP contribution in [0.5, 0.6) is 0 Å². The molecule has 0 aliphatic rings. The van der Waals surface area contributed by atoms with Crippen molar-refractivity contribution in [3.8, 4) is 6.07 Å².